The summed E-state index contributed by atoms with van der Waals surface area (Å²) in [6.45, 7) is 3.18. The number of nitrogens with one attached hydrogen (secondary N) is 1. The van der Waals surface area contributed by atoms with Crippen molar-refractivity contribution >= 4 is 44.8 Å². The largest absolute Gasteiger partial charge is 0.378 e. The Balaban J connectivity index is 1.61. The number of rotatable bonds is 7. The highest BCUT2D eigenvalue weighted by Crippen LogP contribution is 2.26. The molecule has 188 valence electrons. The van der Waals surface area contributed by atoms with Gasteiger partial charge in [0.25, 0.3) is 15.9 Å². The number of sulfonamides is 1. The van der Waals surface area contributed by atoms with Gasteiger partial charge in [-0.05, 0) is 55.5 Å². The predicted octanol–water partition coefficient (Wildman–Crippen LogP) is 3.95. The smallest absolute Gasteiger partial charge is 0.264 e. The topological polar surface area (TPSA) is 96.0 Å². The summed E-state index contributed by atoms with van der Waals surface area (Å²) >= 11 is 6.00. The van der Waals surface area contributed by atoms with Crippen LogP contribution in [0, 0.1) is 6.92 Å². The van der Waals surface area contributed by atoms with E-state index in [9.17, 15) is 18.0 Å². The van der Waals surface area contributed by atoms with Gasteiger partial charge in [0.05, 0.1) is 35.0 Å². The molecule has 36 heavy (non-hydrogen) atoms. The molecule has 0 spiro atoms. The summed E-state index contributed by atoms with van der Waals surface area (Å²) < 4.78 is 33.4. The molecule has 8 nitrogen and oxygen atoms in total. The lowest BCUT2D eigenvalue weighted by Gasteiger charge is -2.28. The van der Waals surface area contributed by atoms with E-state index in [0.29, 0.717) is 42.6 Å². The maximum absolute atomic E-state index is 13.5. The Hall–Kier alpha value is -3.40. The normalized spacial score (nSPS) is 13.8. The standard InChI is InChI=1S/C26H26ClN3O5S/c1-19-6-12-22(13-7-19)36(33,34)30(21-10-8-20(27)9-11-21)18-25(31)28-24-5-3-2-4-23(24)26(32)29-14-16-35-17-15-29/h2-13H,14-18H2,1H3,(H,28,31). The number of anilines is 2. The van der Waals surface area contributed by atoms with E-state index in [-0.39, 0.29) is 16.5 Å². The first-order chi connectivity index (χ1) is 17.3. The number of amides is 2. The van der Waals surface area contributed by atoms with E-state index in [1.165, 1.54) is 24.3 Å². The molecule has 1 N–H and O–H groups in total. The van der Waals surface area contributed by atoms with E-state index >= 15 is 0 Å². The van der Waals surface area contributed by atoms with Gasteiger partial charge < -0.3 is 15.0 Å². The molecule has 2 amide bonds. The summed E-state index contributed by atoms with van der Waals surface area (Å²) in [6, 6.07) is 19.3. The van der Waals surface area contributed by atoms with E-state index in [1.807, 2.05) is 6.92 Å². The van der Waals surface area contributed by atoms with Crippen molar-refractivity contribution in [1.29, 1.82) is 0 Å². The second kappa shape index (κ2) is 11.1. The van der Waals surface area contributed by atoms with Gasteiger partial charge in [0.2, 0.25) is 5.91 Å². The molecule has 0 radical (unpaired) electrons. The number of carbonyl (C=O) groups excluding carboxylic acids is 2. The molecule has 10 heteroatoms. The minimum Gasteiger partial charge on any atom is -0.378 e. The zero-order valence-corrected chi connectivity index (χ0v) is 21.3. The Morgan fingerprint density at radius 1 is 0.972 bits per heavy atom. The van der Waals surface area contributed by atoms with Crippen LogP contribution in [0.2, 0.25) is 5.02 Å². The molecule has 3 aromatic rings. The highest BCUT2D eigenvalue weighted by Gasteiger charge is 2.28. The maximum Gasteiger partial charge on any atom is 0.264 e. The summed E-state index contributed by atoms with van der Waals surface area (Å²) in [5.41, 5.74) is 1.83. The second-order valence-electron chi connectivity index (χ2n) is 8.30. The second-order valence-corrected chi connectivity index (χ2v) is 10.6. The number of halogens is 1. The van der Waals surface area contributed by atoms with Crippen LogP contribution in [-0.4, -0.2) is 58.0 Å². The third kappa shape index (κ3) is 5.87. The fourth-order valence-corrected chi connectivity index (χ4v) is 5.34. The van der Waals surface area contributed by atoms with Crippen molar-refractivity contribution in [2.45, 2.75) is 11.8 Å². The highest BCUT2D eigenvalue weighted by molar-refractivity contribution is 7.92. The number of ether oxygens (including phenoxy) is 1. The van der Waals surface area contributed by atoms with Crippen LogP contribution < -0.4 is 9.62 Å². The minimum atomic E-state index is -4.07. The van der Waals surface area contributed by atoms with Crippen LogP contribution in [0.4, 0.5) is 11.4 Å². The molecule has 1 aliphatic rings. The number of nitrogens with zero attached hydrogens (tertiary/aromatic N) is 2. The summed E-state index contributed by atoms with van der Waals surface area (Å²) in [5.74, 6) is -0.820. The summed E-state index contributed by atoms with van der Waals surface area (Å²) in [4.78, 5) is 27.9. The van der Waals surface area contributed by atoms with Gasteiger partial charge in [-0.3, -0.25) is 13.9 Å². The molecule has 0 saturated carbocycles. The Morgan fingerprint density at radius 3 is 2.28 bits per heavy atom. The molecule has 1 saturated heterocycles. The van der Waals surface area contributed by atoms with Gasteiger partial charge in [-0.15, -0.1) is 0 Å². The van der Waals surface area contributed by atoms with Crippen LogP contribution in [-0.2, 0) is 19.6 Å². The van der Waals surface area contributed by atoms with Gasteiger partial charge in [0.15, 0.2) is 0 Å². The van der Waals surface area contributed by atoms with Crippen molar-refractivity contribution < 1.29 is 22.7 Å². The first-order valence-electron chi connectivity index (χ1n) is 11.4. The molecule has 1 fully saturated rings. The first kappa shape index (κ1) is 25.7. The van der Waals surface area contributed by atoms with Crippen LogP contribution in [0.25, 0.3) is 0 Å². The Bertz CT molecular complexity index is 1340. The number of hydrogen-bond acceptors (Lipinski definition) is 5. The number of hydrogen-bond donors (Lipinski definition) is 1. The summed E-state index contributed by atoms with van der Waals surface area (Å²) in [6.07, 6.45) is 0. The monoisotopic (exact) mass is 527 g/mol. The SMILES string of the molecule is Cc1ccc(S(=O)(=O)N(CC(=O)Nc2ccccc2C(=O)N2CCOCC2)c2ccc(Cl)cc2)cc1. The molecular formula is C26H26ClN3O5S. The van der Waals surface area contributed by atoms with Crippen LogP contribution >= 0.6 is 11.6 Å². The van der Waals surface area contributed by atoms with Crippen LogP contribution in [0.5, 0.6) is 0 Å². The highest BCUT2D eigenvalue weighted by atomic mass is 35.5. The molecule has 0 atom stereocenters. The van der Waals surface area contributed by atoms with E-state index < -0.39 is 22.5 Å². The van der Waals surface area contributed by atoms with Gasteiger partial charge in [0, 0.05) is 18.1 Å². The number of morpholine rings is 1. The third-order valence-corrected chi connectivity index (χ3v) is 7.78. The molecule has 1 aliphatic heterocycles. The van der Waals surface area contributed by atoms with Crippen molar-refractivity contribution in [1.82, 2.24) is 4.90 Å². The lowest BCUT2D eigenvalue weighted by Crippen LogP contribution is -2.41. The third-order valence-electron chi connectivity index (χ3n) is 5.74. The quantitative estimate of drug-likeness (QED) is 0.502. The van der Waals surface area contributed by atoms with Crippen molar-refractivity contribution in [2.24, 2.45) is 0 Å². The zero-order valence-electron chi connectivity index (χ0n) is 19.7. The Morgan fingerprint density at radius 2 is 1.61 bits per heavy atom. The summed E-state index contributed by atoms with van der Waals surface area (Å²) in [5, 5.41) is 3.16. The molecule has 0 aliphatic carbocycles. The fourth-order valence-electron chi connectivity index (χ4n) is 3.80. The lowest BCUT2D eigenvalue weighted by atomic mass is 10.1. The van der Waals surface area contributed by atoms with Crippen LogP contribution in [0.15, 0.2) is 77.7 Å². The van der Waals surface area contributed by atoms with Crippen LogP contribution in [0.3, 0.4) is 0 Å². The average molecular weight is 528 g/mol. The number of para-hydroxylation sites is 1. The van der Waals surface area contributed by atoms with Crippen molar-refractivity contribution in [3.63, 3.8) is 0 Å². The number of aryl methyl sites for hydroxylation is 1. The van der Waals surface area contributed by atoms with Crippen molar-refractivity contribution in [2.75, 3.05) is 42.5 Å². The molecule has 0 unspecified atom stereocenters. The number of carbonyl (C=O) groups is 2. The molecule has 0 aromatic heterocycles. The average Bonchev–Trinajstić information content (AvgIpc) is 2.88. The van der Waals surface area contributed by atoms with Crippen LogP contribution in [0.1, 0.15) is 15.9 Å². The van der Waals surface area contributed by atoms with Crippen molar-refractivity contribution in [3.05, 3.63) is 88.9 Å². The van der Waals surface area contributed by atoms with E-state index in [2.05, 4.69) is 5.32 Å². The molecule has 3 aromatic carbocycles. The molecule has 1 heterocycles. The van der Waals surface area contributed by atoms with E-state index in [0.717, 1.165) is 9.87 Å². The minimum absolute atomic E-state index is 0.0544. The summed E-state index contributed by atoms with van der Waals surface area (Å²) in [7, 11) is -4.07. The predicted molar refractivity (Wildman–Crippen MR) is 139 cm³/mol. The number of benzene rings is 3. The van der Waals surface area contributed by atoms with Crippen molar-refractivity contribution in [3.8, 4) is 0 Å². The lowest BCUT2D eigenvalue weighted by molar-refractivity contribution is -0.114. The van der Waals surface area contributed by atoms with Gasteiger partial charge in [-0.25, -0.2) is 8.42 Å². The van der Waals surface area contributed by atoms with Gasteiger partial charge in [-0.1, -0.05) is 41.4 Å². The molecule has 0 bridgehead atoms. The Kier molecular flexibility index (Phi) is 7.93. The first-order valence-corrected chi connectivity index (χ1v) is 13.2. The maximum atomic E-state index is 13.5. The van der Waals surface area contributed by atoms with Gasteiger partial charge >= 0.3 is 0 Å². The van der Waals surface area contributed by atoms with E-state index in [1.54, 1.807) is 53.4 Å². The zero-order chi connectivity index (χ0) is 25.7. The van der Waals surface area contributed by atoms with Gasteiger partial charge in [-0.2, -0.15) is 0 Å². The molecular weight excluding hydrogens is 502 g/mol. The molecule has 4 rings (SSSR count). The Labute approximate surface area is 215 Å². The van der Waals surface area contributed by atoms with Gasteiger partial charge in [0.1, 0.15) is 6.54 Å². The fraction of sp³-hybridized carbons (Fsp3) is 0.231. The van der Waals surface area contributed by atoms with E-state index in [4.69, 9.17) is 16.3 Å².